The highest BCUT2D eigenvalue weighted by molar-refractivity contribution is 5.95. The fraction of sp³-hybridized carbons (Fsp3) is 0.364. The molecule has 45 heavy (non-hydrogen) atoms. The Kier molecular flexibility index (Phi) is 8.68. The van der Waals surface area contributed by atoms with Gasteiger partial charge in [-0.1, -0.05) is 23.4 Å². The molecular formula is C33H34F3N5O4. The van der Waals surface area contributed by atoms with Crippen LogP contribution in [0.25, 0.3) is 16.8 Å². The highest BCUT2D eigenvalue weighted by Crippen LogP contribution is 2.37. The first-order chi connectivity index (χ1) is 21.3. The van der Waals surface area contributed by atoms with E-state index in [9.17, 15) is 27.6 Å². The predicted octanol–water partition coefficient (Wildman–Crippen LogP) is 5.30. The monoisotopic (exact) mass is 621 g/mol. The van der Waals surface area contributed by atoms with Crippen LogP contribution in [0.5, 0.6) is 0 Å². The summed E-state index contributed by atoms with van der Waals surface area (Å²) in [6.07, 6.45) is 0.768. The molecule has 0 N–H and O–H groups in total. The Labute approximate surface area is 258 Å². The van der Waals surface area contributed by atoms with E-state index in [1.807, 2.05) is 32.0 Å². The molecule has 0 unspecified atom stereocenters. The normalized spacial score (nSPS) is 14.8. The molecule has 4 aromatic rings. The Balaban J connectivity index is 1.37. The van der Waals surface area contributed by atoms with Gasteiger partial charge in [-0.15, -0.1) is 5.10 Å². The Morgan fingerprint density at radius 2 is 1.73 bits per heavy atom. The first-order valence-corrected chi connectivity index (χ1v) is 14.6. The number of aromatic nitrogens is 4. The summed E-state index contributed by atoms with van der Waals surface area (Å²) in [5.41, 5.74) is 1.09. The summed E-state index contributed by atoms with van der Waals surface area (Å²) in [4.78, 5) is 41.9. The minimum absolute atomic E-state index is 0.0146. The average Bonchev–Trinajstić information content (AvgIpc) is 3.47. The predicted molar refractivity (Wildman–Crippen MR) is 161 cm³/mol. The largest absolute Gasteiger partial charge is 0.466 e. The summed E-state index contributed by atoms with van der Waals surface area (Å²) >= 11 is 0. The van der Waals surface area contributed by atoms with Crippen LogP contribution in [0.15, 0.2) is 65.8 Å². The molecule has 9 nitrogen and oxygen atoms in total. The van der Waals surface area contributed by atoms with Gasteiger partial charge in [-0.3, -0.25) is 14.4 Å². The quantitative estimate of drug-likeness (QED) is 0.260. The summed E-state index contributed by atoms with van der Waals surface area (Å²) in [7, 11) is 1.60. The molecule has 236 valence electrons. The molecule has 2 aromatic carbocycles. The van der Waals surface area contributed by atoms with Crippen LogP contribution in [0.3, 0.4) is 0 Å². The van der Waals surface area contributed by atoms with E-state index in [4.69, 9.17) is 4.74 Å². The number of aryl methyl sites for hydroxylation is 3. The van der Waals surface area contributed by atoms with Crippen LogP contribution in [0.4, 0.5) is 13.2 Å². The molecule has 2 aromatic heterocycles. The van der Waals surface area contributed by atoms with Crippen molar-refractivity contribution >= 4 is 11.9 Å². The van der Waals surface area contributed by atoms with Crippen molar-refractivity contribution in [2.24, 2.45) is 12.5 Å². The van der Waals surface area contributed by atoms with Crippen molar-refractivity contribution < 1.29 is 27.5 Å². The van der Waals surface area contributed by atoms with Gasteiger partial charge in [0.05, 0.1) is 35.2 Å². The van der Waals surface area contributed by atoms with E-state index in [2.05, 4.69) is 10.3 Å². The lowest BCUT2D eigenvalue weighted by Crippen LogP contribution is -2.49. The second-order valence-corrected chi connectivity index (χ2v) is 11.6. The third-order valence-electron chi connectivity index (χ3n) is 8.42. The Morgan fingerprint density at radius 3 is 2.40 bits per heavy atom. The molecule has 0 aliphatic carbocycles. The topological polar surface area (TPSA) is 99.3 Å². The lowest BCUT2D eigenvalue weighted by Gasteiger charge is -2.39. The lowest BCUT2D eigenvalue weighted by atomic mass is 9.74. The smallest absolute Gasteiger partial charge is 0.416 e. The van der Waals surface area contributed by atoms with E-state index < -0.39 is 28.5 Å². The molecule has 0 spiro atoms. The molecule has 0 atom stereocenters. The number of nitrogens with zero attached hydrogens (tertiary/aromatic N) is 5. The second kappa shape index (κ2) is 12.3. The standard InChI is InChI=1S/C33H34F3N5O4/c1-5-45-31(44)32(17-25-18-41(38-37-25)26-10-9-21(2)22(3)15-26)11-13-40(14-12-32)30(43)28-20-39(4)19-27(29(28)42)23-7-6-8-24(16-23)33(34,35)36/h6-10,15-16,18-20H,5,11-14,17H2,1-4H3. The maximum absolute atomic E-state index is 13.6. The van der Waals surface area contributed by atoms with Gasteiger partial charge in [0, 0.05) is 44.5 Å². The number of pyridine rings is 1. The van der Waals surface area contributed by atoms with Crippen molar-refractivity contribution in [2.45, 2.75) is 46.2 Å². The Bertz CT molecular complexity index is 1800. The van der Waals surface area contributed by atoms with Gasteiger partial charge in [-0.25, -0.2) is 4.68 Å². The molecule has 5 rings (SSSR count). The maximum atomic E-state index is 13.6. The van der Waals surface area contributed by atoms with E-state index in [-0.39, 0.29) is 61.6 Å². The fourth-order valence-electron chi connectivity index (χ4n) is 5.69. The van der Waals surface area contributed by atoms with E-state index in [1.54, 1.807) is 24.9 Å². The van der Waals surface area contributed by atoms with Gasteiger partial charge in [0.15, 0.2) is 0 Å². The van der Waals surface area contributed by atoms with Crippen LogP contribution in [0.2, 0.25) is 0 Å². The average molecular weight is 622 g/mol. The molecule has 0 saturated carbocycles. The summed E-state index contributed by atoms with van der Waals surface area (Å²) in [5, 5.41) is 8.58. The number of carbonyl (C=O) groups excluding carboxylic acids is 2. The number of ether oxygens (including phenoxy) is 1. The Hall–Kier alpha value is -4.74. The van der Waals surface area contributed by atoms with E-state index in [0.29, 0.717) is 5.69 Å². The molecule has 1 saturated heterocycles. The van der Waals surface area contributed by atoms with Gasteiger partial charge < -0.3 is 14.2 Å². The van der Waals surface area contributed by atoms with Crippen LogP contribution in [0.1, 0.15) is 52.5 Å². The minimum Gasteiger partial charge on any atom is -0.466 e. The Morgan fingerprint density at radius 1 is 1.00 bits per heavy atom. The van der Waals surface area contributed by atoms with Gasteiger partial charge in [-0.05, 0) is 74.6 Å². The van der Waals surface area contributed by atoms with Gasteiger partial charge >= 0.3 is 12.1 Å². The van der Waals surface area contributed by atoms with Gasteiger partial charge in [0.25, 0.3) is 5.91 Å². The van der Waals surface area contributed by atoms with E-state index in [1.165, 1.54) is 34.0 Å². The second-order valence-electron chi connectivity index (χ2n) is 11.6. The number of esters is 1. The minimum atomic E-state index is -4.58. The lowest BCUT2D eigenvalue weighted by molar-refractivity contribution is -0.158. The van der Waals surface area contributed by atoms with Crippen molar-refractivity contribution in [2.75, 3.05) is 19.7 Å². The molecule has 12 heteroatoms. The summed E-state index contributed by atoms with van der Waals surface area (Å²) < 4.78 is 48.6. The molecule has 1 aliphatic heterocycles. The summed E-state index contributed by atoms with van der Waals surface area (Å²) in [5.74, 6) is -0.942. The first kappa shape index (κ1) is 31.7. The SMILES string of the molecule is CCOC(=O)C1(Cc2cn(-c3ccc(C)c(C)c3)nn2)CCN(C(=O)c2cn(C)cc(-c3cccc(C(F)(F)F)c3)c2=O)CC1. The summed E-state index contributed by atoms with van der Waals surface area (Å²) in [6.45, 7) is 6.29. The fourth-order valence-corrected chi connectivity index (χ4v) is 5.69. The highest BCUT2D eigenvalue weighted by Gasteiger charge is 2.44. The number of halogens is 3. The van der Waals surface area contributed by atoms with Crippen molar-refractivity contribution in [1.29, 1.82) is 0 Å². The van der Waals surface area contributed by atoms with Gasteiger partial charge in [0.1, 0.15) is 5.56 Å². The summed E-state index contributed by atoms with van der Waals surface area (Å²) in [6, 6.07) is 10.4. The highest BCUT2D eigenvalue weighted by atomic mass is 19.4. The molecule has 1 aliphatic rings. The number of carbonyl (C=O) groups is 2. The van der Waals surface area contributed by atoms with Gasteiger partial charge in [-0.2, -0.15) is 13.2 Å². The third-order valence-corrected chi connectivity index (χ3v) is 8.42. The van der Waals surface area contributed by atoms with Crippen molar-refractivity contribution in [3.63, 3.8) is 0 Å². The van der Waals surface area contributed by atoms with E-state index in [0.717, 1.165) is 28.9 Å². The van der Waals surface area contributed by atoms with Gasteiger partial charge in [0.2, 0.25) is 5.43 Å². The van der Waals surface area contributed by atoms with Crippen molar-refractivity contribution in [1.82, 2.24) is 24.5 Å². The van der Waals surface area contributed by atoms with Crippen LogP contribution >= 0.6 is 0 Å². The number of piperidine rings is 1. The number of rotatable bonds is 7. The van der Waals surface area contributed by atoms with E-state index >= 15 is 0 Å². The van der Waals surface area contributed by atoms with Crippen LogP contribution in [-0.2, 0) is 29.2 Å². The van der Waals surface area contributed by atoms with Crippen molar-refractivity contribution in [3.8, 4) is 16.8 Å². The maximum Gasteiger partial charge on any atom is 0.416 e. The molecule has 1 fully saturated rings. The van der Waals surface area contributed by atoms with Crippen LogP contribution in [0, 0.1) is 19.3 Å². The molecular weight excluding hydrogens is 587 g/mol. The molecule has 0 radical (unpaired) electrons. The van der Waals surface area contributed by atoms with Crippen LogP contribution in [-0.4, -0.2) is 56.0 Å². The molecule has 3 heterocycles. The number of hydrogen-bond donors (Lipinski definition) is 0. The van der Waals surface area contributed by atoms with Crippen molar-refractivity contribution in [3.05, 3.63) is 99.2 Å². The number of amides is 1. The zero-order chi connectivity index (χ0) is 32.5. The van der Waals surface area contributed by atoms with Crippen LogP contribution < -0.4 is 5.43 Å². The first-order valence-electron chi connectivity index (χ1n) is 14.6. The third kappa shape index (κ3) is 6.54. The zero-order valence-corrected chi connectivity index (χ0v) is 25.5. The molecule has 1 amide bonds. The number of hydrogen-bond acceptors (Lipinski definition) is 6. The zero-order valence-electron chi connectivity index (χ0n) is 25.5. The number of alkyl halides is 3. The number of likely N-dealkylation sites (tertiary alicyclic amines) is 1. The molecule has 0 bridgehead atoms. The number of benzene rings is 2.